The summed E-state index contributed by atoms with van der Waals surface area (Å²) in [5.74, 6) is -0.726. The van der Waals surface area contributed by atoms with Gasteiger partial charge >= 0.3 is 6.36 Å². The zero-order chi connectivity index (χ0) is 18.5. The van der Waals surface area contributed by atoms with Gasteiger partial charge in [0.1, 0.15) is 10.6 Å². The van der Waals surface area contributed by atoms with Crippen molar-refractivity contribution in [1.29, 1.82) is 0 Å². The Balaban J connectivity index is 2.08. The Morgan fingerprint density at radius 2 is 1.84 bits per heavy atom. The summed E-state index contributed by atoms with van der Waals surface area (Å²) in [5.41, 5.74) is 5.39. The van der Waals surface area contributed by atoms with Crippen LogP contribution in [0.3, 0.4) is 0 Å². The van der Waals surface area contributed by atoms with Crippen LogP contribution in [0, 0.1) is 0 Å². The van der Waals surface area contributed by atoms with Crippen molar-refractivity contribution in [3.63, 3.8) is 0 Å². The van der Waals surface area contributed by atoms with Gasteiger partial charge in [0.25, 0.3) is 0 Å². The summed E-state index contributed by atoms with van der Waals surface area (Å²) in [7, 11) is -4.08. The van der Waals surface area contributed by atoms with Crippen molar-refractivity contribution in [1.82, 2.24) is 4.31 Å². The van der Waals surface area contributed by atoms with Crippen LogP contribution in [0.1, 0.15) is 19.3 Å². The second kappa shape index (κ2) is 8.35. The van der Waals surface area contributed by atoms with Crippen LogP contribution >= 0.6 is 0 Å². The second-order valence-corrected chi connectivity index (χ2v) is 7.52. The molecule has 1 saturated heterocycles. The average molecular weight is 382 g/mol. The van der Waals surface area contributed by atoms with E-state index in [0.717, 1.165) is 22.9 Å². The maximum atomic E-state index is 12.7. The first-order valence-corrected chi connectivity index (χ1v) is 9.34. The molecule has 0 saturated carbocycles. The Hall–Kier alpha value is -1.36. The molecule has 1 heterocycles. The predicted molar refractivity (Wildman–Crippen MR) is 84.5 cm³/mol. The van der Waals surface area contributed by atoms with Crippen LogP contribution in [0.4, 0.5) is 13.2 Å². The minimum absolute atomic E-state index is 0.0698. The first-order chi connectivity index (χ1) is 11.7. The summed E-state index contributed by atoms with van der Waals surface area (Å²) in [4.78, 5) is -0.491. The molecule has 1 fully saturated rings. The summed E-state index contributed by atoms with van der Waals surface area (Å²) in [6, 6.07) is 4.75. The zero-order valence-corrected chi connectivity index (χ0v) is 14.4. The number of alkyl halides is 3. The zero-order valence-electron chi connectivity index (χ0n) is 13.5. The van der Waals surface area contributed by atoms with E-state index in [4.69, 9.17) is 10.5 Å². The van der Waals surface area contributed by atoms with Crippen molar-refractivity contribution >= 4 is 10.0 Å². The molecule has 25 heavy (non-hydrogen) atoms. The molecule has 2 rings (SSSR count). The van der Waals surface area contributed by atoms with Gasteiger partial charge in [-0.3, -0.25) is 0 Å². The van der Waals surface area contributed by atoms with E-state index in [9.17, 15) is 21.6 Å². The summed E-state index contributed by atoms with van der Waals surface area (Å²) in [6.07, 6.45) is -3.35. The van der Waals surface area contributed by atoms with E-state index in [1.165, 1.54) is 12.1 Å². The van der Waals surface area contributed by atoms with Crippen LogP contribution in [0.15, 0.2) is 29.2 Å². The van der Waals surface area contributed by atoms with E-state index in [1.54, 1.807) is 0 Å². The number of nitrogens with two attached hydrogens (primary N) is 1. The van der Waals surface area contributed by atoms with E-state index in [2.05, 4.69) is 4.74 Å². The predicted octanol–water partition coefficient (Wildman–Crippen LogP) is 2.10. The molecule has 1 aliphatic heterocycles. The molecule has 1 aliphatic rings. The third-order valence-electron chi connectivity index (χ3n) is 3.80. The topological polar surface area (TPSA) is 81.9 Å². The summed E-state index contributed by atoms with van der Waals surface area (Å²) < 4.78 is 73.5. The minimum Gasteiger partial charge on any atom is -0.404 e. The molecular formula is C15H21F3N2O4S. The van der Waals surface area contributed by atoms with Gasteiger partial charge in [0.2, 0.25) is 10.0 Å². The van der Waals surface area contributed by atoms with Gasteiger partial charge in [-0.1, -0.05) is 12.1 Å². The number of halogens is 3. The van der Waals surface area contributed by atoms with E-state index in [-0.39, 0.29) is 19.2 Å². The minimum atomic E-state index is -4.96. The lowest BCUT2D eigenvalue weighted by molar-refractivity contribution is -0.275. The number of hydrogen-bond acceptors (Lipinski definition) is 5. The molecule has 142 valence electrons. The number of piperidine rings is 1. The molecule has 0 unspecified atom stereocenters. The molecule has 0 bridgehead atoms. The highest BCUT2D eigenvalue weighted by molar-refractivity contribution is 7.89. The third-order valence-corrected chi connectivity index (χ3v) is 5.73. The van der Waals surface area contributed by atoms with Gasteiger partial charge in [0, 0.05) is 19.7 Å². The average Bonchev–Trinajstić information content (AvgIpc) is 2.54. The Morgan fingerprint density at radius 1 is 1.20 bits per heavy atom. The number of nitrogens with zero attached hydrogens (tertiary/aromatic N) is 1. The summed E-state index contributed by atoms with van der Waals surface area (Å²) in [5, 5.41) is 0. The fraction of sp³-hybridized carbons (Fsp3) is 0.600. The molecule has 2 N–H and O–H groups in total. The van der Waals surface area contributed by atoms with Gasteiger partial charge in [0.15, 0.2) is 0 Å². The quantitative estimate of drug-likeness (QED) is 0.731. The molecule has 6 nitrogen and oxygen atoms in total. The van der Waals surface area contributed by atoms with Crippen molar-refractivity contribution in [2.45, 2.75) is 36.6 Å². The highest BCUT2D eigenvalue weighted by Gasteiger charge is 2.36. The monoisotopic (exact) mass is 382 g/mol. The number of ether oxygens (including phenoxy) is 2. The standard InChI is InChI=1S/C15H21F3N2O4S/c16-15(17,18)24-13-4-1-2-5-14(13)25(21,22)20-9-6-12(7-10-20)23-11-3-8-19/h1-2,4-5,12H,3,6-11,19H2. The van der Waals surface area contributed by atoms with Crippen molar-refractivity contribution in [3.8, 4) is 5.75 Å². The first kappa shape index (κ1) is 20.0. The van der Waals surface area contributed by atoms with E-state index in [0.29, 0.717) is 26.0 Å². The highest BCUT2D eigenvalue weighted by atomic mass is 32.2. The highest BCUT2D eigenvalue weighted by Crippen LogP contribution is 2.32. The lowest BCUT2D eigenvalue weighted by atomic mass is 10.1. The first-order valence-electron chi connectivity index (χ1n) is 7.90. The number of benzene rings is 1. The lowest BCUT2D eigenvalue weighted by Gasteiger charge is -2.31. The van der Waals surface area contributed by atoms with Crippen LogP contribution in [0.2, 0.25) is 0 Å². The Kier molecular flexibility index (Phi) is 6.66. The Labute approximate surface area is 144 Å². The van der Waals surface area contributed by atoms with Gasteiger partial charge in [0.05, 0.1) is 6.10 Å². The normalized spacial score (nSPS) is 17.6. The van der Waals surface area contributed by atoms with Crippen molar-refractivity contribution in [2.75, 3.05) is 26.2 Å². The third kappa shape index (κ3) is 5.56. The van der Waals surface area contributed by atoms with Crippen molar-refractivity contribution < 1.29 is 31.1 Å². The lowest BCUT2D eigenvalue weighted by Crippen LogP contribution is -2.41. The van der Waals surface area contributed by atoms with Crippen molar-refractivity contribution in [2.24, 2.45) is 5.73 Å². The van der Waals surface area contributed by atoms with Crippen molar-refractivity contribution in [3.05, 3.63) is 24.3 Å². The second-order valence-electron chi connectivity index (χ2n) is 5.61. The fourth-order valence-electron chi connectivity index (χ4n) is 2.58. The van der Waals surface area contributed by atoms with Crippen LogP contribution in [-0.2, 0) is 14.8 Å². The molecule has 0 spiro atoms. The number of para-hydroxylation sites is 1. The van der Waals surface area contributed by atoms with Gasteiger partial charge < -0.3 is 15.2 Å². The van der Waals surface area contributed by atoms with E-state index >= 15 is 0 Å². The van der Waals surface area contributed by atoms with Gasteiger partial charge in [-0.25, -0.2) is 8.42 Å². The molecule has 10 heteroatoms. The van der Waals surface area contributed by atoms with E-state index in [1.807, 2.05) is 0 Å². The van der Waals surface area contributed by atoms with E-state index < -0.39 is 27.0 Å². The maximum absolute atomic E-state index is 12.7. The largest absolute Gasteiger partial charge is 0.573 e. The molecule has 0 aromatic heterocycles. The van der Waals surface area contributed by atoms with Gasteiger partial charge in [-0.05, 0) is 37.9 Å². The molecule has 0 amide bonds. The SMILES string of the molecule is NCCCOC1CCN(S(=O)(=O)c2ccccc2OC(F)(F)F)CC1. The molecule has 1 aromatic carbocycles. The smallest absolute Gasteiger partial charge is 0.404 e. The van der Waals surface area contributed by atoms with Crippen LogP contribution in [-0.4, -0.2) is 51.4 Å². The number of hydrogen-bond donors (Lipinski definition) is 1. The van der Waals surface area contributed by atoms with Crippen LogP contribution < -0.4 is 10.5 Å². The van der Waals surface area contributed by atoms with Gasteiger partial charge in [-0.15, -0.1) is 13.2 Å². The fourth-order valence-corrected chi connectivity index (χ4v) is 4.17. The molecule has 0 aliphatic carbocycles. The Bertz CT molecular complexity index is 659. The van der Waals surface area contributed by atoms with Gasteiger partial charge in [-0.2, -0.15) is 4.31 Å². The molecule has 0 radical (unpaired) electrons. The summed E-state index contributed by atoms with van der Waals surface area (Å²) in [6.45, 7) is 1.38. The van der Waals surface area contributed by atoms with Crippen LogP contribution in [0.25, 0.3) is 0 Å². The molecule has 0 atom stereocenters. The van der Waals surface area contributed by atoms with Crippen LogP contribution in [0.5, 0.6) is 5.75 Å². The molecular weight excluding hydrogens is 361 g/mol. The number of rotatable bonds is 7. The molecule has 1 aromatic rings. The maximum Gasteiger partial charge on any atom is 0.573 e. The Morgan fingerprint density at radius 3 is 2.44 bits per heavy atom. The number of sulfonamides is 1. The summed E-state index contributed by atoms with van der Waals surface area (Å²) >= 11 is 0.